The summed E-state index contributed by atoms with van der Waals surface area (Å²) in [7, 11) is 0. The van der Waals surface area contributed by atoms with E-state index in [1.165, 1.54) is 0 Å². The van der Waals surface area contributed by atoms with Crippen molar-refractivity contribution in [2.75, 3.05) is 0 Å². The van der Waals surface area contributed by atoms with Gasteiger partial charge in [-0.3, -0.25) is 5.32 Å². The summed E-state index contributed by atoms with van der Waals surface area (Å²) in [6.45, 7) is 4.34. The van der Waals surface area contributed by atoms with Gasteiger partial charge in [0.15, 0.2) is 0 Å². The van der Waals surface area contributed by atoms with E-state index in [-0.39, 0.29) is 6.61 Å². The van der Waals surface area contributed by atoms with Crippen LogP contribution in [0.2, 0.25) is 0 Å². The van der Waals surface area contributed by atoms with E-state index in [1.807, 2.05) is 67.0 Å². The fourth-order valence-corrected chi connectivity index (χ4v) is 2.00. The Morgan fingerprint density at radius 3 is 2.68 bits per heavy atom. The summed E-state index contributed by atoms with van der Waals surface area (Å²) in [5.74, 6) is 0.315. The van der Waals surface area contributed by atoms with Crippen molar-refractivity contribution in [3.8, 4) is 0 Å². The Bertz CT molecular complexity index is 456. The molecule has 1 aromatic carbocycles. The molecule has 0 radical (unpaired) electrons. The molecule has 102 valence electrons. The fourth-order valence-electron chi connectivity index (χ4n) is 1.28. The molecule has 0 aromatic heterocycles. The van der Waals surface area contributed by atoms with E-state index in [4.69, 9.17) is 4.74 Å². The minimum atomic E-state index is -0.475. The maximum atomic E-state index is 11.4. The standard InChI is InChI=1S/C14H17IN2O2/c1-11(2)13(17-15)8-9-16-14(18)19-10-12-6-4-3-5-7-12/h3-9,11H,10H2,1-2H3,(H,16,18)/b9-8-,17-13+. The number of hydrogen-bond acceptors (Lipinski definition) is 3. The topological polar surface area (TPSA) is 50.7 Å². The zero-order chi connectivity index (χ0) is 14.1. The Labute approximate surface area is 127 Å². The largest absolute Gasteiger partial charge is 0.444 e. The van der Waals surface area contributed by atoms with Crippen molar-refractivity contribution >= 4 is 34.7 Å². The molecule has 1 amide bonds. The molecular weight excluding hydrogens is 355 g/mol. The molecule has 0 unspecified atom stereocenters. The lowest BCUT2D eigenvalue weighted by atomic mass is 10.1. The minimum Gasteiger partial charge on any atom is -0.444 e. The molecule has 1 rings (SSSR count). The second-order valence-electron chi connectivity index (χ2n) is 4.20. The summed E-state index contributed by atoms with van der Waals surface area (Å²) in [5.41, 5.74) is 1.86. The third-order valence-electron chi connectivity index (χ3n) is 2.36. The predicted molar refractivity (Wildman–Crippen MR) is 85.2 cm³/mol. The highest BCUT2D eigenvalue weighted by atomic mass is 127. The first kappa shape index (κ1) is 15.7. The highest BCUT2D eigenvalue weighted by Gasteiger charge is 2.02. The van der Waals surface area contributed by atoms with Crippen LogP contribution in [0, 0.1) is 5.92 Å². The van der Waals surface area contributed by atoms with Crippen LogP contribution in [0.5, 0.6) is 0 Å². The molecular formula is C14H17IN2O2. The SMILES string of the molecule is CC(C)C(/C=C\NC(=O)OCc1ccccc1)=N/I. The van der Waals surface area contributed by atoms with Gasteiger partial charge >= 0.3 is 6.09 Å². The van der Waals surface area contributed by atoms with Gasteiger partial charge in [-0.25, -0.2) is 8.00 Å². The summed E-state index contributed by atoms with van der Waals surface area (Å²) >= 11 is 1.94. The van der Waals surface area contributed by atoms with Gasteiger partial charge in [0.1, 0.15) is 6.61 Å². The van der Waals surface area contributed by atoms with Crippen LogP contribution in [-0.4, -0.2) is 11.8 Å². The number of carbonyl (C=O) groups excluding carboxylic acids is 1. The van der Waals surface area contributed by atoms with E-state index < -0.39 is 6.09 Å². The molecule has 19 heavy (non-hydrogen) atoms. The first-order valence-electron chi connectivity index (χ1n) is 5.96. The molecule has 0 aliphatic heterocycles. The summed E-state index contributed by atoms with van der Waals surface area (Å²) in [6, 6.07) is 9.54. The Kier molecular flexibility index (Phi) is 7.17. The van der Waals surface area contributed by atoms with Crippen molar-refractivity contribution in [2.45, 2.75) is 20.5 Å². The van der Waals surface area contributed by atoms with E-state index in [0.717, 1.165) is 11.3 Å². The highest BCUT2D eigenvalue weighted by molar-refractivity contribution is 14.1. The molecule has 0 heterocycles. The number of hydrogen-bond donors (Lipinski definition) is 1. The van der Waals surface area contributed by atoms with Gasteiger partial charge < -0.3 is 4.74 Å². The summed E-state index contributed by atoms with van der Waals surface area (Å²) in [6.07, 6.45) is 2.84. The minimum absolute atomic E-state index is 0.262. The van der Waals surface area contributed by atoms with E-state index in [0.29, 0.717) is 5.92 Å². The third-order valence-corrected chi connectivity index (χ3v) is 2.91. The maximum Gasteiger partial charge on any atom is 0.411 e. The normalized spacial score (nSPS) is 11.9. The van der Waals surface area contributed by atoms with E-state index in [9.17, 15) is 4.79 Å². The molecule has 0 saturated carbocycles. The Morgan fingerprint density at radius 2 is 2.11 bits per heavy atom. The number of nitrogens with one attached hydrogen (secondary N) is 1. The first-order chi connectivity index (χ1) is 9.13. The van der Waals surface area contributed by atoms with Gasteiger partial charge in [0, 0.05) is 6.20 Å². The predicted octanol–water partition coefficient (Wildman–Crippen LogP) is 3.87. The third kappa shape index (κ3) is 6.37. The molecule has 0 aliphatic carbocycles. The van der Waals surface area contributed by atoms with Gasteiger partial charge in [-0.2, -0.15) is 0 Å². The molecule has 0 bridgehead atoms. The second kappa shape index (κ2) is 8.68. The number of allylic oxidation sites excluding steroid dienone is 1. The second-order valence-corrected chi connectivity index (χ2v) is 4.69. The number of carbonyl (C=O) groups is 1. The Hall–Kier alpha value is -1.37. The van der Waals surface area contributed by atoms with Crippen LogP contribution in [-0.2, 0) is 11.3 Å². The molecule has 5 heteroatoms. The van der Waals surface area contributed by atoms with E-state index in [2.05, 4.69) is 8.52 Å². The van der Waals surface area contributed by atoms with Crippen molar-refractivity contribution < 1.29 is 9.53 Å². The van der Waals surface area contributed by atoms with Gasteiger partial charge in [0.25, 0.3) is 0 Å². The van der Waals surface area contributed by atoms with Gasteiger partial charge in [-0.15, -0.1) is 0 Å². The lowest BCUT2D eigenvalue weighted by Gasteiger charge is -2.05. The molecule has 0 fully saturated rings. The molecule has 0 atom stereocenters. The van der Waals surface area contributed by atoms with Crippen molar-refractivity contribution in [1.29, 1.82) is 0 Å². The van der Waals surface area contributed by atoms with Crippen molar-refractivity contribution in [2.24, 2.45) is 9.12 Å². The number of ether oxygens (including phenoxy) is 1. The first-order valence-corrected chi connectivity index (χ1v) is 6.92. The Morgan fingerprint density at radius 1 is 1.42 bits per heavy atom. The van der Waals surface area contributed by atoms with Crippen LogP contribution in [0.15, 0.2) is 45.8 Å². The molecule has 0 spiro atoms. The van der Waals surface area contributed by atoms with Crippen LogP contribution in [0.1, 0.15) is 19.4 Å². The van der Waals surface area contributed by atoms with Crippen LogP contribution in [0.3, 0.4) is 0 Å². The number of alkyl carbamates (subject to hydrolysis) is 1. The molecule has 1 N–H and O–H groups in total. The summed E-state index contributed by atoms with van der Waals surface area (Å²) in [5, 5.41) is 2.55. The average molecular weight is 372 g/mol. The maximum absolute atomic E-state index is 11.4. The van der Waals surface area contributed by atoms with Crippen LogP contribution in [0.25, 0.3) is 0 Å². The smallest absolute Gasteiger partial charge is 0.411 e. The number of benzene rings is 1. The van der Waals surface area contributed by atoms with Crippen LogP contribution in [0.4, 0.5) is 4.79 Å². The molecule has 1 aromatic rings. The quantitative estimate of drug-likeness (QED) is 0.630. The number of amides is 1. The van der Waals surface area contributed by atoms with Gasteiger partial charge in [0.05, 0.1) is 28.6 Å². The lowest BCUT2D eigenvalue weighted by Crippen LogP contribution is -2.19. The fraction of sp³-hybridized carbons (Fsp3) is 0.286. The van der Waals surface area contributed by atoms with Gasteiger partial charge in [-0.05, 0) is 17.6 Å². The number of rotatable bonds is 5. The van der Waals surface area contributed by atoms with Crippen LogP contribution < -0.4 is 5.32 Å². The average Bonchev–Trinajstić information content (AvgIpc) is 2.42. The van der Waals surface area contributed by atoms with Crippen LogP contribution >= 0.6 is 22.9 Å². The lowest BCUT2D eigenvalue weighted by molar-refractivity contribution is 0.143. The van der Waals surface area contributed by atoms with Gasteiger partial charge in [-0.1, -0.05) is 44.2 Å². The summed E-state index contributed by atoms with van der Waals surface area (Å²) < 4.78 is 9.15. The van der Waals surface area contributed by atoms with Crippen molar-refractivity contribution in [3.63, 3.8) is 0 Å². The van der Waals surface area contributed by atoms with E-state index >= 15 is 0 Å². The number of nitrogens with zero attached hydrogens (tertiary/aromatic N) is 1. The van der Waals surface area contributed by atoms with Crippen molar-refractivity contribution in [1.82, 2.24) is 5.32 Å². The van der Waals surface area contributed by atoms with Gasteiger partial charge in [0.2, 0.25) is 0 Å². The zero-order valence-electron chi connectivity index (χ0n) is 11.0. The molecule has 4 nitrogen and oxygen atoms in total. The van der Waals surface area contributed by atoms with E-state index in [1.54, 1.807) is 12.3 Å². The monoisotopic (exact) mass is 372 g/mol. The van der Waals surface area contributed by atoms with Crippen molar-refractivity contribution in [3.05, 3.63) is 48.2 Å². The number of halogens is 1. The molecule has 0 aliphatic rings. The molecule has 0 saturated heterocycles. The Balaban J connectivity index is 2.34. The summed E-state index contributed by atoms with van der Waals surface area (Å²) in [4.78, 5) is 11.4. The zero-order valence-corrected chi connectivity index (χ0v) is 13.1. The highest BCUT2D eigenvalue weighted by Crippen LogP contribution is 2.02.